The Labute approximate surface area is 207 Å². The molecule has 2 fully saturated rings. The van der Waals surface area contributed by atoms with E-state index in [0.29, 0.717) is 24.1 Å². The van der Waals surface area contributed by atoms with Gasteiger partial charge in [-0.1, -0.05) is 48.5 Å². The number of benzene rings is 2. The maximum Gasteiger partial charge on any atom is 0.494 e. The molecule has 0 spiro atoms. The molecule has 14 heteroatoms. The normalized spacial score (nSPS) is 19.9. The summed E-state index contributed by atoms with van der Waals surface area (Å²) in [4.78, 5) is 0. The minimum atomic E-state index is -1.52. The van der Waals surface area contributed by atoms with E-state index in [2.05, 4.69) is 0 Å². The summed E-state index contributed by atoms with van der Waals surface area (Å²) in [6.07, 6.45) is -0.232. The van der Waals surface area contributed by atoms with Gasteiger partial charge in [-0.3, -0.25) is 0 Å². The Morgan fingerprint density at radius 1 is 0.771 bits per heavy atom. The second kappa shape index (κ2) is 14.8. The van der Waals surface area contributed by atoms with Crippen LogP contribution in [0.2, 0.25) is 0 Å². The summed E-state index contributed by atoms with van der Waals surface area (Å²) >= 11 is 0. The van der Waals surface area contributed by atoms with Crippen LogP contribution in [0.4, 0.5) is 0 Å². The van der Waals surface area contributed by atoms with Gasteiger partial charge in [0, 0.05) is 0 Å². The van der Waals surface area contributed by atoms with Crippen molar-refractivity contribution in [3.05, 3.63) is 48.5 Å². The molecule has 35 heavy (non-hydrogen) atoms. The lowest BCUT2D eigenvalue weighted by atomic mass is 9.74. The van der Waals surface area contributed by atoms with Crippen LogP contribution in [0.3, 0.4) is 0 Å². The second-order valence-electron chi connectivity index (χ2n) is 8.34. The quantitative estimate of drug-likeness (QED) is 0.232. The van der Waals surface area contributed by atoms with Crippen LogP contribution >= 0.6 is 0 Å². The zero-order chi connectivity index (χ0) is 26.0. The number of aliphatic hydroxyl groups is 2. The molecule has 2 heterocycles. The van der Waals surface area contributed by atoms with Crippen LogP contribution in [-0.2, 0) is 18.6 Å². The monoisotopic (exact) mass is 488 g/mol. The van der Waals surface area contributed by atoms with Gasteiger partial charge in [0.15, 0.2) is 0 Å². The predicted molar refractivity (Wildman–Crippen MR) is 135 cm³/mol. The predicted octanol–water partition coefficient (Wildman–Crippen LogP) is -3.65. The fourth-order valence-electron chi connectivity index (χ4n) is 3.03. The summed E-state index contributed by atoms with van der Waals surface area (Å²) in [5.74, 6) is 0. The Morgan fingerprint density at radius 3 is 1.29 bits per heavy atom. The molecule has 2 aromatic rings. The number of rotatable bonds is 5. The molecule has 3 atom stereocenters. The van der Waals surface area contributed by atoms with Gasteiger partial charge in [-0.2, -0.15) is 0 Å². The topological polar surface area (TPSA) is 158 Å². The molecule has 0 bridgehead atoms. The molecule has 0 aromatic heterocycles. The van der Waals surface area contributed by atoms with Gasteiger partial charge in [-0.15, -0.1) is 0 Å². The minimum absolute atomic E-state index is 0.139. The van der Waals surface area contributed by atoms with E-state index in [-0.39, 0.29) is 33.1 Å². The van der Waals surface area contributed by atoms with E-state index in [1.54, 1.807) is 0 Å². The van der Waals surface area contributed by atoms with Gasteiger partial charge in [-0.05, 0) is 42.6 Å². The third kappa shape index (κ3) is 10.1. The van der Waals surface area contributed by atoms with Gasteiger partial charge < -0.3 is 48.9 Å². The van der Waals surface area contributed by atoms with Crippen molar-refractivity contribution in [2.45, 2.75) is 39.1 Å². The minimum Gasteiger partial charge on any atom is -0.423 e. The third-order valence-electron chi connectivity index (χ3n) is 4.95. The summed E-state index contributed by atoms with van der Waals surface area (Å²) < 4.78 is 22.4. The Hall–Kier alpha value is -1.70. The molecule has 6 N–H and O–H groups in total. The highest BCUT2D eigenvalue weighted by atomic mass is 16.6. The van der Waals surface area contributed by atoms with E-state index in [0.717, 1.165) is 10.9 Å². The molecular formula is C21H32B4O10. The maximum absolute atomic E-state index is 8.68. The standard InChI is InChI=1S/C12H16B2O4.C6H8B2O4.C3H8O2/c1-9-7-15-13(17-9)11-3-5-12(6-4-11)14-16-8-10(2)18-14;9-7(10)5-1-2-6(4-3-5)8(11)12;1-3(5)2-4/h3-6,9-10H,7-8H2,1-2H3;1-4,9-12H;3-5H,2H2,1H3. The van der Waals surface area contributed by atoms with Crippen LogP contribution in [0.15, 0.2) is 48.5 Å². The Bertz CT molecular complexity index is 788. The van der Waals surface area contributed by atoms with Gasteiger partial charge in [0.25, 0.3) is 0 Å². The summed E-state index contributed by atoms with van der Waals surface area (Å²) in [5, 5.41) is 50.7. The molecule has 2 aromatic carbocycles. The highest BCUT2D eigenvalue weighted by Crippen LogP contribution is 2.09. The first-order valence-corrected chi connectivity index (χ1v) is 11.4. The molecule has 0 amide bonds. The van der Waals surface area contributed by atoms with Crippen molar-refractivity contribution in [2.75, 3.05) is 19.8 Å². The van der Waals surface area contributed by atoms with Crippen molar-refractivity contribution in [3.63, 3.8) is 0 Å². The Morgan fingerprint density at radius 2 is 1.09 bits per heavy atom. The number of aliphatic hydroxyl groups excluding tert-OH is 2. The van der Waals surface area contributed by atoms with Crippen LogP contribution in [-0.4, -0.2) is 96.9 Å². The first-order chi connectivity index (χ1) is 16.6. The van der Waals surface area contributed by atoms with Crippen molar-refractivity contribution in [3.8, 4) is 0 Å². The first kappa shape index (κ1) is 29.5. The molecule has 188 valence electrons. The summed E-state index contributed by atoms with van der Waals surface area (Å²) in [6.45, 7) is 6.71. The van der Waals surface area contributed by atoms with Gasteiger partial charge in [0.05, 0.1) is 38.1 Å². The molecule has 0 aliphatic carbocycles. The molecule has 2 saturated heterocycles. The van der Waals surface area contributed by atoms with E-state index >= 15 is 0 Å². The first-order valence-electron chi connectivity index (χ1n) is 11.4. The number of hydrogen-bond donors (Lipinski definition) is 6. The molecule has 0 radical (unpaired) electrons. The van der Waals surface area contributed by atoms with Crippen molar-refractivity contribution in [2.24, 2.45) is 0 Å². The fourth-order valence-corrected chi connectivity index (χ4v) is 3.03. The maximum atomic E-state index is 8.68. The van der Waals surface area contributed by atoms with E-state index in [1.807, 2.05) is 38.1 Å². The Balaban J connectivity index is 0.000000220. The summed E-state index contributed by atoms with van der Waals surface area (Å²) in [6, 6.07) is 13.7. The summed E-state index contributed by atoms with van der Waals surface area (Å²) in [5.41, 5.74) is 2.71. The van der Waals surface area contributed by atoms with E-state index in [4.69, 9.17) is 48.9 Å². The van der Waals surface area contributed by atoms with Crippen LogP contribution < -0.4 is 21.9 Å². The molecule has 10 nitrogen and oxygen atoms in total. The van der Waals surface area contributed by atoms with Gasteiger partial charge in [0.1, 0.15) is 0 Å². The Kier molecular flexibility index (Phi) is 12.5. The smallest absolute Gasteiger partial charge is 0.423 e. The molecular weight excluding hydrogens is 455 g/mol. The lowest BCUT2D eigenvalue weighted by molar-refractivity contribution is 0.110. The van der Waals surface area contributed by atoms with Crippen LogP contribution in [0.25, 0.3) is 0 Å². The average Bonchev–Trinajstić information content (AvgIpc) is 3.48. The molecule has 2 aliphatic heterocycles. The lowest BCUT2D eigenvalue weighted by Gasteiger charge is -2.08. The van der Waals surface area contributed by atoms with E-state index in [9.17, 15) is 0 Å². The fraction of sp³-hybridized carbons (Fsp3) is 0.429. The third-order valence-corrected chi connectivity index (χ3v) is 4.95. The number of hydrogen-bond acceptors (Lipinski definition) is 10. The SMILES string of the molecule is CC(O)CO.CC1COB(c2ccc(B3OCC(C)O3)cc2)O1.OB(O)c1ccc(B(O)O)cc1. The molecule has 0 saturated carbocycles. The average molecular weight is 488 g/mol. The highest BCUT2D eigenvalue weighted by molar-refractivity contribution is 6.64. The van der Waals surface area contributed by atoms with Crippen LogP contribution in [0.5, 0.6) is 0 Å². The van der Waals surface area contributed by atoms with Crippen molar-refractivity contribution in [1.82, 2.24) is 0 Å². The largest absolute Gasteiger partial charge is 0.494 e. The van der Waals surface area contributed by atoms with Crippen LogP contribution in [0, 0.1) is 0 Å². The molecule has 3 unspecified atom stereocenters. The summed E-state index contributed by atoms with van der Waals surface area (Å²) in [7, 11) is -3.51. The van der Waals surface area contributed by atoms with E-state index < -0.39 is 20.3 Å². The van der Waals surface area contributed by atoms with Gasteiger partial charge >= 0.3 is 28.5 Å². The van der Waals surface area contributed by atoms with Gasteiger partial charge in [-0.25, -0.2) is 0 Å². The van der Waals surface area contributed by atoms with Gasteiger partial charge in [0.2, 0.25) is 0 Å². The van der Waals surface area contributed by atoms with E-state index in [1.165, 1.54) is 31.2 Å². The zero-order valence-corrected chi connectivity index (χ0v) is 20.1. The molecule has 2 aliphatic rings. The highest BCUT2D eigenvalue weighted by Gasteiger charge is 2.33. The van der Waals surface area contributed by atoms with Crippen molar-refractivity contribution in [1.29, 1.82) is 0 Å². The lowest BCUT2D eigenvalue weighted by Crippen LogP contribution is -2.36. The van der Waals surface area contributed by atoms with Crippen LogP contribution in [0.1, 0.15) is 20.8 Å². The molecule has 4 rings (SSSR count). The second-order valence-corrected chi connectivity index (χ2v) is 8.34. The zero-order valence-electron chi connectivity index (χ0n) is 20.1. The van der Waals surface area contributed by atoms with Crippen molar-refractivity contribution >= 4 is 50.3 Å². The van der Waals surface area contributed by atoms with Crippen molar-refractivity contribution < 1.29 is 48.9 Å².